The Kier molecular flexibility index (Phi) is 4.97. The van der Waals surface area contributed by atoms with Crippen molar-refractivity contribution in [1.29, 1.82) is 0 Å². The van der Waals surface area contributed by atoms with E-state index in [2.05, 4.69) is 5.32 Å². The highest BCUT2D eigenvalue weighted by atomic mass is 19.1. The van der Waals surface area contributed by atoms with Crippen LogP contribution in [0.4, 0.5) is 10.1 Å². The molecule has 1 atom stereocenters. The van der Waals surface area contributed by atoms with Crippen molar-refractivity contribution in [3.05, 3.63) is 59.9 Å². The molecule has 1 saturated heterocycles. The first-order chi connectivity index (χ1) is 12.0. The molecule has 5 nitrogen and oxygen atoms in total. The van der Waals surface area contributed by atoms with Gasteiger partial charge in [-0.2, -0.15) is 0 Å². The smallest absolute Gasteiger partial charge is 0.258 e. The maximum absolute atomic E-state index is 13.3. The van der Waals surface area contributed by atoms with Crippen molar-refractivity contribution in [2.24, 2.45) is 0 Å². The molecule has 0 unspecified atom stereocenters. The van der Waals surface area contributed by atoms with Gasteiger partial charge in [0.25, 0.3) is 5.91 Å². The summed E-state index contributed by atoms with van der Waals surface area (Å²) < 4.78 is 18.8. The van der Waals surface area contributed by atoms with Crippen LogP contribution in [-0.2, 0) is 9.59 Å². The fourth-order valence-corrected chi connectivity index (χ4v) is 2.83. The predicted molar refractivity (Wildman–Crippen MR) is 92.0 cm³/mol. The van der Waals surface area contributed by atoms with Crippen molar-refractivity contribution < 1.29 is 18.7 Å². The number of para-hydroxylation sites is 1. The van der Waals surface area contributed by atoms with E-state index in [1.807, 2.05) is 25.1 Å². The Morgan fingerprint density at radius 1 is 1.28 bits per heavy atom. The number of aryl methyl sites for hydroxylation is 1. The molecule has 2 amide bonds. The number of anilines is 1. The van der Waals surface area contributed by atoms with E-state index >= 15 is 0 Å². The van der Waals surface area contributed by atoms with Gasteiger partial charge in [-0.25, -0.2) is 4.39 Å². The molecule has 25 heavy (non-hydrogen) atoms. The number of carbonyl (C=O) groups excluding carboxylic acids is 2. The minimum absolute atomic E-state index is 0.116. The van der Waals surface area contributed by atoms with Gasteiger partial charge >= 0.3 is 0 Å². The van der Waals surface area contributed by atoms with Gasteiger partial charge in [0.05, 0.1) is 6.04 Å². The van der Waals surface area contributed by atoms with Gasteiger partial charge in [-0.05, 0) is 36.8 Å². The average Bonchev–Trinajstić information content (AvgIpc) is 2.94. The van der Waals surface area contributed by atoms with Crippen LogP contribution in [0, 0.1) is 12.7 Å². The monoisotopic (exact) mass is 342 g/mol. The number of rotatable bonds is 5. The normalized spacial score (nSPS) is 16.8. The third kappa shape index (κ3) is 4.15. The second kappa shape index (κ2) is 7.34. The maximum Gasteiger partial charge on any atom is 0.258 e. The van der Waals surface area contributed by atoms with E-state index in [4.69, 9.17) is 4.74 Å². The standard InChI is InChI=1S/C19H19FN2O3/c1-13-5-2-3-8-17(13)25-12-18(23)21-15-10-19(24)22(11-15)16-7-4-6-14(20)9-16/h2-9,15H,10-12H2,1H3,(H,21,23)/t15-/m0/s1. The van der Waals surface area contributed by atoms with E-state index in [9.17, 15) is 14.0 Å². The van der Waals surface area contributed by atoms with Crippen LogP contribution in [0.5, 0.6) is 5.75 Å². The molecule has 6 heteroatoms. The second-order valence-corrected chi connectivity index (χ2v) is 6.01. The molecule has 3 rings (SSSR count). The van der Waals surface area contributed by atoms with Crippen LogP contribution in [0.2, 0.25) is 0 Å². The Balaban J connectivity index is 1.54. The number of nitrogens with zero attached hydrogens (tertiary/aromatic N) is 1. The van der Waals surface area contributed by atoms with Crippen molar-refractivity contribution >= 4 is 17.5 Å². The minimum Gasteiger partial charge on any atom is -0.484 e. The summed E-state index contributed by atoms with van der Waals surface area (Å²) in [6.45, 7) is 2.10. The molecule has 1 aliphatic heterocycles. The summed E-state index contributed by atoms with van der Waals surface area (Å²) in [5.41, 5.74) is 1.45. The van der Waals surface area contributed by atoms with Gasteiger partial charge in [-0.3, -0.25) is 9.59 Å². The number of amides is 2. The Morgan fingerprint density at radius 2 is 2.08 bits per heavy atom. The molecule has 2 aromatic carbocycles. The first-order valence-corrected chi connectivity index (χ1v) is 8.06. The summed E-state index contributed by atoms with van der Waals surface area (Å²) in [5.74, 6) is -0.177. The van der Waals surface area contributed by atoms with Gasteiger partial charge in [0.1, 0.15) is 11.6 Å². The van der Waals surface area contributed by atoms with Crippen LogP contribution < -0.4 is 15.0 Å². The topological polar surface area (TPSA) is 58.6 Å². The molecule has 0 saturated carbocycles. The molecule has 1 N–H and O–H groups in total. The Labute approximate surface area is 145 Å². The molecular weight excluding hydrogens is 323 g/mol. The van der Waals surface area contributed by atoms with Crippen molar-refractivity contribution in [2.45, 2.75) is 19.4 Å². The van der Waals surface area contributed by atoms with Crippen molar-refractivity contribution in [1.82, 2.24) is 5.32 Å². The molecule has 130 valence electrons. The van der Waals surface area contributed by atoms with Crippen LogP contribution >= 0.6 is 0 Å². The molecule has 0 radical (unpaired) electrons. The molecule has 2 aromatic rings. The zero-order valence-corrected chi connectivity index (χ0v) is 13.9. The summed E-state index contributed by atoms with van der Waals surface area (Å²) in [7, 11) is 0. The van der Waals surface area contributed by atoms with E-state index in [0.717, 1.165) is 5.56 Å². The minimum atomic E-state index is -0.399. The molecule has 0 spiro atoms. The third-order valence-corrected chi connectivity index (χ3v) is 4.06. The summed E-state index contributed by atoms with van der Waals surface area (Å²) in [6, 6.07) is 13.0. The Hall–Kier alpha value is -2.89. The first-order valence-electron chi connectivity index (χ1n) is 8.06. The van der Waals surface area contributed by atoms with Crippen LogP contribution in [0.15, 0.2) is 48.5 Å². The highest BCUT2D eigenvalue weighted by Crippen LogP contribution is 2.22. The van der Waals surface area contributed by atoms with E-state index in [0.29, 0.717) is 18.0 Å². The molecule has 1 aliphatic rings. The number of carbonyl (C=O) groups is 2. The van der Waals surface area contributed by atoms with Crippen LogP contribution in [0.3, 0.4) is 0 Å². The first kappa shape index (κ1) is 17.0. The van der Waals surface area contributed by atoms with E-state index in [1.54, 1.807) is 18.2 Å². The van der Waals surface area contributed by atoms with Crippen LogP contribution in [0.25, 0.3) is 0 Å². The Bertz CT molecular complexity index is 794. The number of hydrogen-bond donors (Lipinski definition) is 1. The van der Waals surface area contributed by atoms with Crippen LogP contribution in [-0.4, -0.2) is 31.0 Å². The van der Waals surface area contributed by atoms with Gasteiger partial charge in [0.2, 0.25) is 5.91 Å². The lowest BCUT2D eigenvalue weighted by atomic mass is 10.2. The van der Waals surface area contributed by atoms with Crippen LogP contribution in [0.1, 0.15) is 12.0 Å². The molecule has 0 bridgehead atoms. The predicted octanol–water partition coefficient (Wildman–Crippen LogP) is 2.43. The SMILES string of the molecule is Cc1ccccc1OCC(=O)N[C@H]1CC(=O)N(c2cccc(F)c2)C1. The lowest BCUT2D eigenvalue weighted by Gasteiger charge is -2.17. The number of ether oxygens (including phenoxy) is 1. The fourth-order valence-electron chi connectivity index (χ4n) is 2.83. The lowest BCUT2D eigenvalue weighted by Crippen LogP contribution is -2.39. The largest absolute Gasteiger partial charge is 0.484 e. The summed E-state index contributed by atoms with van der Waals surface area (Å²) in [6.07, 6.45) is 0.187. The molecule has 1 heterocycles. The van der Waals surface area contributed by atoms with Gasteiger partial charge in [-0.15, -0.1) is 0 Å². The fraction of sp³-hybridized carbons (Fsp3) is 0.263. The summed E-state index contributed by atoms with van der Waals surface area (Å²) in [4.78, 5) is 25.7. The zero-order valence-electron chi connectivity index (χ0n) is 13.9. The van der Waals surface area contributed by atoms with Crippen molar-refractivity contribution in [3.63, 3.8) is 0 Å². The van der Waals surface area contributed by atoms with E-state index in [1.165, 1.54) is 17.0 Å². The average molecular weight is 342 g/mol. The highest BCUT2D eigenvalue weighted by Gasteiger charge is 2.31. The van der Waals surface area contributed by atoms with Crippen molar-refractivity contribution in [2.75, 3.05) is 18.1 Å². The molecule has 1 fully saturated rings. The third-order valence-electron chi connectivity index (χ3n) is 4.06. The van der Waals surface area contributed by atoms with Gasteiger partial charge in [0.15, 0.2) is 6.61 Å². The Morgan fingerprint density at radius 3 is 2.84 bits per heavy atom. The molecular formula is C19H19FN2O3. The molecule has 0 aromatic heterocycles. The highest BCUT2D eigenvalue weighted by molar-refractivity contribution is 5.96. The van der Waals surface area contributed by atoms with Gasteiger partial charge < -0.3 is 15.0 Å². The number of benzene rings is 2. The summed E-state index contributed by atoms with van der Waals surface area (Å²) in [5, 5.41) is 2.79. The quantitative estimate of drug-likeness (QED) is 0.908. The summed E-state index contributed by atoms with van der Waals surface area (Å²) >= 11 is 0. The zero-order chi connectivity index (χ0) is 17.8. The molecule has 0 aliphatic carbocycles. The second-order valence-electron chi connectivity index (χ2n) is 6.01. The number of halogens is 1. The van der Waals surface area contributed by atoms with E-state index < -0.39 is 5.82 Å². The van der Waals surface area contributed by atoms with Gasteiger partial charge in [-0.1, -0.05) is 24.3 Å². The van der Waals surface area contributed by atoms with Crippen molar-refractivity contribution in [3.8, 4) is 5.75 Å². The number of nitrogens with one attached hydrogen (secondary N) is 1. The lowest BCUT2D eigenvalue weighted by molar-refractivity contribution is -0.123. The number of hydrogen-bond acceptors (Lipinski definition) is 3. The maximum atomic E-state index is 13.3. The van der Waals surface area contributed by atoms with E-state index in [-0.39, 0.29) is 30.9 Å². The van der Waals surface area contributed by atoms with Gasteiger partial charge in [0, 0.05) is 18.7 Å².